The van der Waals surface area contributed by atoms with Crippen LogP contribution in [0.15, 0.2) is 35.1 Å². The van der Waals surface area contributed by atoms with E-state index in [2.05, 4.69) is 43.2 Å². The molecule has 0 unspecified atom stereocenters. The third-order valence-corrected chi connectivity index (χ3v) is 3.78. The maximum Gasteiger partial charge on any atom is 0.168 e. The Morgan fingerprint density at radius 1 is 1.19 bits per heavy atom. The number of hydrogen-bond donors (Lipinski definition) is 1. The van der Waals surface area contributed by atoms with E-state index < -0.39 is 0 Å². The Morgan fingerprint density at radius 3 is 2.67 bits per heavy atom. The monoisotopic (exact) mass is 345 g/mol. The largest absolute Gasteiger partial charge is 0.369 e. The zero-order chi connectivity index (χ0) is 14.8. The van der Waals surface area contributed by atoms with Gasteiger partial charge in [-0.15, -0.1) is 0 Å². The smallest absolute Gasteiger partial charge is 0.168 e. The van der Waals surface area contributed by atoms with Gasteiger partial charge in [0.05, 0.1) is 16.8 Å². The lowest BCUT2D eigenvalue weighted by molar-refractivity contribution is 0.876. The van der Waals surface area contributed by atoms with Gasteiger partial charge in [-0.3, -0.25) is 0 Å². The summed E-state index contributed by atoms with van der Waals surface area (Å²) in [6.45, 7) is 5.00. The Balaban J connectivity index is 2.15. The number of halogens is 1. The number of aromatic nitrogens is 4. The van der Waals surface area contributed by atoms with Crippen LogP contribution in [0, 0.1) is 6.92 Å². The lowest BCUT2D eigenvalue weighted by Crippen LogP contribution is -2.03. The molecule has 2 heterocycles. The fourth-order valence-electron chi connectivity index (χ4n) is 2.26. The van der Waals surface area contributed by atoms with E-state index in [0.29, 0.717) is 0 Å². The number of anilines is 1. The molecule has 6 heteroatoms. The minimum atomic E-state index is 0.823. The first kappa shape index (κ1) is 14.0. The third kappa shape index (κ3) is 2.63. The zero-order valence-electron chi connectivity index (χ0n) is 12.0. The summed E-state index contributed by atoms with van der Waals surface area (Å²) in [7, 11) is 0. The lowest BCUT2D eigenvalue weighted by Gasteiger charge is -2.06. The maximum absolute atomic E-state index is 4.62. The van der Waals surface area contributed by atoms with Gasteiger partial charge in [0, 0.05) is 11.0 Å². The summed E-state index contributed by atoms with van der Waals surface area (Å²) in [5.41, 5.74) is 2.73. The van der Waals surface area contributed by atoms with E-state index in [9.17, 15) is 0 Å². The fraction of sp³-hybridized carbons (Fsp3) is 0.267. The maximum atomic E-state index is 4.62. The van der Waals surface area contributed by atoms with Crippen molar-refractivity contribution in [3.05, 3.63) is 40.8 Å². The van der Waals surface area contributed by atoms with Crippen molar-refractivity contribution in [2.24, 2.45) is 0 Å². The number of nitrogens with one attached hydrogen (secondary N) is 1. The second-order valence-corrected chi connectivity index (χ2v) is 5.74. The molecule has 0 atom stereocenters. The van der Waals surface area contributed by atoms with Crippen LogP contribution < -0.4 is 5.32 Å². The molecule has 0 bridgehead atoms. The van der Waals surface area contributed by atoms with Gasteiger partial charge in [0.1, 0.15) is 12.1 Å². The number of hydrogen-bond acceptors (Lipinski definition) is 4. The molecule has 21 heavy (non-hydrogen) atoms. The van der Waals surface area contributed by atoms with Crippen LogP contribution in [0.5, 0.6) is 0 Å². The van der Waals surface area contributed by atoms with Crippen molar-refractivity contribution in [1.82, 2.24) is 19.7 Å². The molecule has 2 aromatic heterocycles. The van der Waals surface area contributed by atoms with Gasteiger partial charge in [-0.2, -0.15) is 5.10 Å². The summed E-state index contributed by atoms with van der Waals surface area (Å²) < 4.78 is 2.90. The van der Waals surface area contributed by atoms with Crippen LogP contribution in [0.1, 0.15) is 19.0 Å². The predicted molar refractivity (Wildman–Crippen MR) is 87.9 cm³/mol. The van der Waals surface area contributed by atoms with E-state index in [4.69, 9.17) is 0 Å². The molecule has 108 valence electrons. The number of rotatable bonds is 4. The van der Waals surface area contributed by atoms with Gasteiger partial charge in [-0.25, -0.2) is 14.6 Å². The standard InChI is InChI=1S/C15H16BrN5/c1-3-8-17-14-13-10(2)20-21(15(13)19-9-18-14)12-6-4-11(16)5-7-12/h4-7,9H,3,8H2,1-2H3,(H,17,18,19). The Labute approximate surface area is 131 Å². The molecule has 3 aromatic rings. The Bertz CT molecular complexity index is 764. The molecule has 0 aliphatic rings. The van der Waals surface area contributed by atoms with Crippen molar-refractivity contribution in [2.75, 3.05) is 11.9 Å². The molecule has 0 fully saturated rings. The fourth-order valence-corrected chi connectivity index (χ4v) is 2.52. The van der Waals surface area contributed by atoms with Gasteiger partial charge in [0.2, 0.25) is 0 Å². The molecule has 0 aliphatic heterocycles. The summed E-state index contributed by atoms with van der Waals surface area (Å²) >= 11 is 3.45. The molecule has 5 nitrogen and oxygen atoms in total. The Morgan fingerprint density at radius 2 is 1.95 bits per heavy atom. The minimum Gasteiger partial charge on any atom is -0.369 e. The Hall–Kier alpha value is -1.95. The second-order valence-electron chi connectivity index (χ2n) is 4.82. The molecule has 0 saturated carbocycles. The second kappa shape index (κ2) is 5.81. The molecule has 0 spiro atoms. The average Bonchev–Trinajstić information content (AvgIpc) is 2.84. The SMILES string of the molecule is CCCNc1ncnc2c1c(C)nn2-c1ccc(Br)cc1. The van der Waals surface area contributed by atoms with E-state index in [0.717, 1.165) is 45.7 Å². The van der Waals surface area contributed by atoms with Crippen LogP contribution in [0.3, 0.4) is 0 Å². The summed E-state index contributed by atoms with van der Waals surface area (Å²) in [4.78, 5) is 8.75. The topological polar surface area (TPSA) is 55.6 Å². The molecule has 3 rings (SSSR count). The van der Waals surface area contributed by atoms with Crippen molar-refractivity contribution < 1.29 is 0 Å². The highest BCUT2D eigenvalue weighted by atomic mass is 79.9. The Kier molecular flexibility index (Phi) is 3.88. The van der Waals surface area contributed by atoms with E-state index in [-0.39, 0.29) is 0 Å². The molecular weight excluding hydrogens is 330 g/mol. The summed E-state index contributed by atoms with van der Waals surface area (Å²) in [5, 5.41) is 8.94. The van der Waals surface area contributed by atoms with E-state index in [1.165, 1.54) is 0 Å². The van der Waals surface area contributed by atoms with Gasteiger partial charge in [0.15, 0.2) is 5.65 Å². The first-order chi connectivity index (χ1) is 10.2. The van der Waals surface area contributed by atoms with Crippen LogP contribution in [0.4, 0.5) is 5.82 Å². The molecule has 1 aromatic carbocycles. The molecule has 0 aliphatic carbocycles. The molecule has 0 amide bonds. The van der Waals surface area contributed by atoms with Gasteiger partial charge >= 0.3 is 0 Å². The normalized spacial score (nSPS) is 11.0. The van der Waals surface area contributed by atoms with E-state index >= 15 is 0 Å². The quantitative estimate of drug-likeness (QED) is 0.783. The van der Waals surface area contributed by atoms with Gasteiger partial charge in [-0.05, 0) is 37.6 Å². The van der Waals surface area contributed by atoms with Gasteiger partial charge in [0.25, 0.3) is 0 Å². The van der Waals surface area contributed by atoms with Crippen molar-refractivity contribution in [3.63, 3.8) is 0 Å². The molecule has 1 N–H and O–H groups in total. The van der Waals surface area contributed by atoms with E-state index in [1.807, 2.05) is 35.9 Å². The van der Waals surface area contributed by atoms with Crippen LogP contribution in [-0.2, 0) is 0 Å². The average molecular weight is 346 g/mol. The highest BCUT2D eigenvalue weighted by molar-refractivity contribution is 9.10. The summed E-state index contributed by atoms with van der Waals surface area (Å²) in [5.74, 6) is 0.850. The lowest BCUT2D eigenvalue weighted by atomic mass is 10.3. The van der Waals surface area contributed by atoms with Crippen molar-refractivity contribution in [1.29, 1.82) is 0 Å². The van der Waals surface area contributed by atoms with Crippen LogP contribution in [0.25, 0.3) is 16.7 Å². The number of aryl methyl sites for hydroxylation is 1. The number of nitrogens with zero attached hydrogens (tertiary/aromatic N) is 4. The van der Waals surface area contributed by atoms with Crippen molar-refractivity contribution in [2.45, 2.75) is 20.3 Å². The van der Waals surface area contributed by atoms with Gasteiger partial charge < -0.3 is 5.32 Å². The molecule has 0 saturated heterocycles. The van der Waals surface area contributed by atoms with Crippen LogP contribution in [-0.4, -0.2) is 26.3 Å². The number of fused-ring (bicyclic) bond motifs is 1. The highest BCUT2D eigenvalue weighted by Crippen LogP contribution is 2.25. The third-order valence-electron chi connectivity index (χ3n) is 3.25. The predicted octanol–water partition coefficient (Wildman–Crippen LogP) is 3.71. The van der Waals surface area contributed by atoms with Crippen LogP contribution >= 0.6 is 15.9 Å². The summed E-state index contributed by atoms with van der Waals surface area (Å²) in [6.07, 6.45) is 2.63. The highest BCUT2D eigenvalue weighted by Gasteiger charge is 2.14. The van der Waals surface area contributed by atoms with Crippen molar-refractivity contribution >= 4 is 32.8 Å². The first-order valence-electron chi connectivity index (χ1n) is 6.91. The van der Waals surface area contributed by atoms with E-state index in [1.54, 1.807) is 6.33 Å². The number of benzene rings is 1. The van der Waals surface area contributed by atoms with Crippen molar-refractivity contribution in [3.8, 4) is 5.69 Å². The summed E-state index contributed by atoms with van der Waals surface area (Å²) in [6, 6.07) is 8.01. The zero-order valence-corrected chi connectivity index (χ0v) is 13.6. The minimum absolute atomic E-state index is 0.823. The van der Waals surface area contributed by atoms with Gasteiger partial charge in [-0.1, -0.05) is 22.9 Å². The molecular formula is C15H16BrN5. The van der Waals surface area contributed by atoms with Crippen LogP contribution in [0.2, 0.25) is 0 Å². The first-order valence-corrected chi connectivity index (χ1v) is 7.70. The molecule has 0 radical (unpaired) electrons.